The predicted molar refractivity (Wildman–Crippen MR) is 86.9 cm³/mol. The lowest BCUT2D eigenvalue weighted by atomic mass is 10.1. The molecule has 0 fully saturated rings. The van der Waals surface area contributed by atoms with Crippen LogP contribution in [0.1, 0.15) is 18.5 Å². The Bertz CT molecular complexity index is 604. The molecule has 2 rings (SSSR count). The number of hydrogen-bond donors (Lipinski definition) is 1. The molecule has 0 saturated carbocycles. The van der Waals surface area contributed by atoms with E-state index < -0.39 is 11.6 Å². The molecular weight excluding hydrogens is 338 g/mol. The zero-order chi connectivity index (χ0) is 15.6. The second-order valence-corrected chi connectivity index (χ2v) is 6.01. The normalized spacial score (nSPS) is 12.1. The van der Waals surface area contributed by atoms with Gasteiger partial charge in [0.2, 0.25) is 0 Å². The van der Waals surface area contributed by atoms with Gasteiger partial charge in [-0.1, -0.05) is 28.1 Å². The van der Waals surface area contributed by atoms with Crippen LogP contribution in [0.3, 0.4) is 0 Å². The topological polar surface area (TPSA) is 15.3 Å². The molecule has 112 valence electrons. The fourth-order valence-electron chi connectivity index (χ4n) is 2.04. The number of rotatable bonds is 4. The predicted octanol–water partition coefficient (Wildman–Crippen LogP) is 4.97. The smallest absolute Gasteiger partial charge is 0.150 e. The Morgan fingerprint density at radius 2 is 1.57 bits per heavy atom. The molecule has 1 N–H and O–H groups in total. The summed E-state index contributed by atoms with van der Waals surface area (Å²) >= 11 is 3.07. The average molecular weight is 355 g/mol. The van der Waals surface area contributed by atoms with Crippen molar-refractivity contribution in [3.05, 3.63) is 58.1 Å². The van der Waals surface area contributed by atoms with Crippen molar-refractivity contribution < 1.29 is 8.78 Å². The van der Waals surface area contributed by atoms with Crippen LogP contribution in [0.4, 0.5) is 20.2 Å². The minimum Gasteiger partial charge on any atom is -0.378 e. The van der Waals surface area contributed by atoms with Gasteiger partial charge in [0.1, 0.15) is 17.3 Å². The van der Waals surface area contributed by atoms with E-state index in [9.17, 15) is 8.78 Å². The Labute approximate surface area is 131 Å². The summed E-state index contributed by atoms with van der Waals surface area (Å²) in [7, 11) is 3.92. The fraction of sp³-hybridized carbons (Fsp3) is 0.250. The van der Waals surface area contributed by atoms with Crippen LogP contribution in [0.2, 0.25) is 0 Å². The van der Waals surface area contributed by atoms with E-state index in [2.05, 4.69) is 21.2 Å². The van der Waals surface area contributed by atoms with Gasteiger partial charge in [0.05, 0.1) is 0 Å². The van der Waals surface area contributed by atoms with Crippen molar-refractivity contribution in [3.8, 4) is 0 Å². The number of nitrogens with one attached hydrogen (secondary N) is 1. The van der Waals surface area contributed by atoms with E-state index >= 15 is 0 Å². The van der Waals surface area contributed by atoms with Crippen LogP contribution in [0.5, 0.6) is 0 Å². The Morgan fingerprint density at radius 1 is 1.05 bits per heavy atom. The summed E-state index contributed by atoms with van der Waals surface area (Å²) in [6.45, 7) is 1.87. The third-order valence-corrected chi connectivity index (χ3v) is 3.74. The van der Waals surface area contributed by atoms with Gasteiger partial charge in [0, 0.05) is 30.3 Å². The second kappa shape index (κ2) is 6.43. The molecule has 0 aromatic heterocycles. The fourth-order valence-corrected chi connectivity index (χ4v) is 2.44. The minimum absolute atomic E-state index is 0.109. The highest BCUT2D eigenvalue weighted by Gasteiger charge is 2.14. The number of anilines is 2. The molecule has 0 heterocycles. The summed E-state index contributed by atoms with van der Waals surface area (Å²) in [6, 6.07) is 10.1. The quantitative estimate of drug-likeness (QED) is 0.833. The standard InChI is InChI=1S/C16H17BrF2N2/c1-10(11-4-6-13(7-5-11)21(2)3)20-16-14(18)8-12(17)9-15(16)19/h4-10,20H,1-3H3. The van der Waals surface area contributed by atoms with Crippen molar-refractivity contribution in [1.29, 1.82) is 0 Å². The second-order valence-electron chi connectivity index (χ2n) is 5.10. The SMILES string of the molecule is CC(Nc1c(F)cc(Br)cc1F)c1ccc(N(C)C)cc1. The van der Waals surface area contributed by atoms with Crippen molar-refractivity contribution in [2.24, 2.45) is 0 Å². The van der Waals surface area contributed by atoms with Gasteiger partial charge in [0.15, 0.2) is 0 Å². The highest BCUT2D eigenvalue weighted by molar-refractivity contribution is 9.10. The summed E-state index contributed by atoms with van der Waals surface area (Å²) in [5.74, 6) is -1.22. The first-order valence-electron chi connectivity index (χ1n) is 6.57. The lowest BCUT2D eigenvalue weighted by molar-refractivity contribution is 0.583. The van der Waals surface area contributed by atoms with E-state index in [1.54, 1.807) is 0 Å². The van der Waals surface area contributed by atoms with Crippen LogP contribution >= 0.6 is 15.9 Å². The first kappa shape index (κ1) is 15.8. The molecule has 0 saturated heterocycles. The average Bonchev–Trinajstić information content (AvgIpc) is 2.42. The molecule has 0 aliphatic heterocycles. The molecule has 5 heteroatoms. The van der Waals surface area contributed by atoms with Gasteiger partial charge >= 0.3 is 0 Å². The van der Waals surface area contributed by atoms with E-state index in [-0.39, 0.29) is 11.7 Å². The van der Waals surface area contributed by atoms with Gasteiger partial charge < -0.3 is 10.2 Å². The van der Waals surface area contributed by atoms with Crippen LogP contribution in [-0.4, -0.2) is 14.1 Å². The van der Waals surface area contributed by atoms with Gasteiger partial charge in [-0.3, -0.25) is 0 Å². The largest absolute Gasteiger partial charge is 0.378 e. The van der Waals surface area contributed by atoms with E-state index in [0.717, 1.165) is 11.3 Å². The molecule has 2 aromatic rings. The lowest BCUT2D eigenvalue weighted by Gasteiger charge is -2.18. The molecule has 0 aliphatic rings. The summed E-state index contributed by atoms with van der Waals surface area (Å²) in [6.07, 6.45) is 0. The van der Waals surface area contributed by atoms with Gasteiger partial charge in [-0.05, 0) is 36.8 Å². The number of nitrogens with zero attached hydrogens (tertiary/aromatic N) is 1. The van der Waals surface area contributed by atoms with Crippen molar-refractivity contribution in [3.63, 3.8) is 0 Å². The molecule has 0 radical (unpaired) electrons. The maximum Gasteiger partial charge on any atom is 0.150 e. The first-order chi connectivity index (χ1) is 9.88. The van der Waals surface area contributed by atoms with E-state index in [4.69, 9.17) is 0 Å². The zero-order valence-electron chi connectivity index (χ0n) is 12.1. The van der Waals surface area contributed by atoms with Gasteiger partial charge in [-0.25, -0.2) is 8.78 Å². The summed E-state index contributed by atoms with van der Waals surface area (Å²) in [4.78, 5) is 2.00. The van der Waals surface area contributed by atoms with Crippen LogP contribution < -0.4 is 10.2 Å². The molecule has 21 heavy (non-hydrogen) atoms. The highest BCUT2D eigenvalue weighted by Crippen LogP contribution is 2.28. The van der Waals surface area contributed by atoms with Gasteiger partial charge in [-0.2, -0.15) is 0 Å². The van der Waals surface area contributed by atoms with Crippen LogP contribution in [0.25, 0.3) is 0 Å². The van der Waals surface area contributed by atoms with Crippen molar-refractivity contribution in [1.82, 2.24) is 0 Å². The third kappa shape index (κ3) is 3.73. The number of halogens is 3. The Hall–Kier alpha value is -1.62. The maximum absolute atomic E-state index is 13.8. The molecule has 1 unspecified atom stereocenters. The molecule has 0 spiro atoms. The molecule has 2 nitrogen and oxygen atoms in total. The Kier molecular flexibility index (Phi) is 4.83. The summed E-state index contributed by atoms with van der Waals surface area (Å²) in [5.41, 5.74) is 1.93. The third-order valence-electron chi connectivity index (χ3n) is 3.28. The van der Waals surface area contributed by atoms with Crippen LogP contribution in [0.15, 0.2) is 40.9 Å². The minimum atomic E-state index is -0.612. The van der Waals surface area contributed by atoms with Gasteiger partial charge in [0.25, 0.3) is 0 Å². The lowest BCUT2D eigenvalue weighted by Crippen LogP contribution is -2.11. The van der Waals surface area contributed by atoms with Crippen LogP contribution in [-0.2, 0) is 0 Å². The summed E-state index contributed by atoms with van der Waals surface area (Å²) < 4.78 is 28.0. The molecule has 0 bridgehead atoms. The molecule has 2 aromatic carbocycles. The molecule has 0 aliphatic carbocycles. The van der Waals surface area contributed by atoms with Crippen molar-refractivity contribution >= 4 is 27.3 Å². The molecule has 1 atom stereocenters. The monoisotopic (exact) mass is 354 g/mol. The van der Waals surface area contributed by atoms with Crippen molar-refractivity contribution in [2.45, 2.75) is 13.0 Å². The number of hydrogen-bond acceptors (Lipinski definition) is 2. The van der Waals surface area contributed by atoms with Crippen LogP contribution in [0, 0.1) is 11.6 Å². The summed E-state index contributed by atoms with van der Waals surface area (Å²) in [5, 5.41) is 2.89. The molecular formula is C16H17BrF2N2. The Balaban J connectivity index is 2.20. The number of benzene rings is 2. The molecule has 0 amide bonds. The maximum atomic E-state index is 13.8. The highest BCUT2D eigenvalue weighted by atomic mass is 79.9. The van der Waals surface area contributed by atoms with Gasteiger partial charge in [-0.15, -0.1) is 0 Å². The van der Waals surface area contributed by atoms with Crippen molar-refractivity contribution in [2.75, 3.05) is 24.3 Å². The van der Waals surface area contributed by atoms with E-state index in [0.29, 0.717) is 4.47 Å². The van der Waals surface area contributed by atoms with E-state index in [1.165, 1.54) is 12.1 Å². The zero-order valence-corrected chi connectivity index (χ0v) is 13.7. The Morgan fingerprint density at radius 3 is 2.05 bits per heavy atom. The first-order valence-corrected chi connectivity index (χ1v) is 7.36. The van der Waals surface area contributed by atoms with E-state index in [1.807, 2.05) is 50.2 Å².